The third-order valence-electron chi connectivity index (χ3n) is 3.77. The maximum Gasteiger partial charge on any atom is 0.198 e. The molecule has 1 saturated heterocycles. The van der Waals surface area contributed by atoms with E-state index in [-0.39, 0.29) is 11.3 Å². The van der Waals surface area contributed by atoms with Gasteiger partial charge in [0, 0.05) is 29.4 Å². The Hall–Kier alpha value is -1.87. The number of nitrogens with zero attached hydrogens (tertiary/aromatic N) is 1. The minimum absolute atomic E-state index is 0.0835. The lowest BCUT2D eigenvalue weighted by Gasteiger charge is -2.21. The van der Waals surface area contributed by atoms with Crippen molar-refractivity contribution in [1.29, 1.82) is 0 Å². The van der Waals surface area contributed by atoms with Gasteiger partial charge in [-0.3, -0.25) is 4.79 Å². The zero-order valence-electron chi connectivity index (χ0n) is 11.5. The monoisotopic (exact) mass is 303 g/mol. The normalized spacial score (nSPS) is 14.5. The highest BCUT2D eigenvalue weighted by Gasteiger charge is 2.22. The molecule has 21 heavy (non-hydrogen) atoms. The molecule has 2 aromatic carbocycles. The van der Waals surface area contributed by atoms with Crippen LogP contribution in [-0.4, -0.2) is 18.9 Å². The molecule has 0 saturated carbocycles. The van der Waals surface area contributed by atoms with Crippen LogP contribution in [0.2, 0.25) is 5.02 Å². The largest absolute Gasteiger partial charge is 0.371 e. The van der Waals surface area contributed by atoms with Crippen LogP contribution in [0.4, 0.5) is 10.1 Å². The Morgan fingerprint density at radius 2 is 1.76 bits per heavy atom. The average molecular weight is 304 g/mol. The van der Waals surface area contributed by atoms with Gasteiger partial charge in [0.2, 0.25) is 0 Å². The van der Waals surface area contributed by atoms with Crippen LogP contribution in [0, 0.1) is 5.82 Å². The van der Waals surface area contributed by atoms with Gasteiger partial charge in [-0.2, -0.15) is 0 Å². The second-order valence-corrected chi connectivity index (χ2v) is 5.60. The molecule has 1 aliphatic rings. The van der Waals surface area contributed by atoms with Gasteiger partial charge in [-0.05, 0) is 43.2 Å². The van der Waals surface area contributed by atoms with Crippen LogP contribution in [0.25, 0.3) is 0 Å². The van der Waals surface area contributed by atoms with Crippen molar-refractivity contribution in [2.75, 3.05) is 18.0 Å². The highest BCUT2D eigenvalue weighted by atomic mass is 35.5. The van der Waals surface area contributed by atoms with Gasteiger partial charge in [-0.15, -0.1) is 0 Å². The van der Waals surface area contributed by atoms with Crippen molar-refractivity contribution in [2.24, 2.45) is 0 Å². The first kappa shape index (κ1) is 14.1. The van der Waals surface area contributed by atoms with E-state index >= 15 is 0 Å². The fourth-order valence-electron chi connectivity index (χ4n) is 2.71. The van der Waals surface area contributed by atoms with Gasteiger partial charge in [-0.1, -0.05) is 23.7 Å². The van der Waals surface area contributed by atoms with E-state index in [4.69, 9.17) is 11.6 Å². The number of hydrogen-bond acceptors (Lipinski definition) is 2. The molecule has 0 amide bonds. The quantitative estimate of drug-likeness (QED) is 0.788. The number of anilines is 1. The molecule has 1 heterocycles. The van der Waals surface area contributed by atoms with Gasteiger partial charge in [0.05, 0.1) is 5.56 Å². The lowest BCUT2D eigenvalue weighted by Crippen LogP contribution is -2.21. The summed E-state index contributed by atoms with van der Waals surface area (Å²) < 4.78 is 13.9. The molecule has 1 aliphatic heterocycles. The first-order valence-corrected chi connectivity index (χ1v) is 7.38. The number of carbonyl (C=O) groups excluding carboxylic acids is 1. The molecule has 4 heteroatoms. The van der Waals surface area contributed by atoms with E-state index in [2.05, 4.69) is 4.90 Å². The lowest BCUT2D eigenvalue weighted by molar-refractivity contribution is 0.103. The van der Waals surface area contributed by atoms with Crippen LogP contribution in [0.15, 0.2) is 42.5 Å². The summed E-state index contributed by atoms with van der Waals surface area (Å²) in [6.45, 7) is 1.83. The zero-order valence-corrected chi connectivity index (χ0v) is 12.2. The molecule has 0 spiro atoms. The average Bonchev–Trinajstić information content (AvgIpc) is 3.01. The second kappa shape index (κ2) is 5.86. The first-order chi connectivity index (χ1) is 10.2. The lowest BCUT2D eigenvalue weighted by atomic mass is 10.0. The van der Waals surface area contributed by atoms with Crippen molar-refractivity contribution >= 4 is 23.1 Å². The van der Waals surface area contributed by atoms with E-state index in [0.29, 0.717) is 10.6 Å². The van der Waals surface area contributed by atoms with Crippen molar-refractivity contribution in [1.82, 2.24) is 0 Å². The van der Waals surface area contributed by atoms with Crippen molar-refractivity contribution in [3.63, 3.8) is 0 Å². The Kier molecular flexibility index (Phi) is 3.93. The smallest absolute Gasteiger partial charge is 0.198 e. The van der Waals surface area contributed by atoms with Gasteiger partial charge < -0.3 is 4.90 Å². The molecule has 0 atom stereocenters. The number of carbonyl (C=O) groups is 1. The molecular weight excluding hydrogens is 289 g/mol. The maximum absolute atomic E-state index is 13.9. The summed E-state index contributed by atoms with van der Waals surface area (Å²) >= 11 is 6.03. The van der Waals surface area contributed by atoms with Gasteiger partial charge >= 0.3 is 0 Å². The van der Waals surface area contributed by atoms with Crippen molar-refractivity contribution in [3.8, 4) is 0 Å². The molecule has 0 bridgehead atoms. The van der Waals surface area contributed by atoms with E-state index < -0.39 is 5.82 Å². The molecule has 0 radical (unpaired) electrons. The van der Waals surface area contributed by atoms with Gasteiger partial charge in [-0.25, -0.2) is 4.39 Å². The third-order valence-corrected chi connectivity index (χ3v) is 4.00. The van der Waals surface area contributed by atoms with Crippen LogP contribution < -0.4 is 4.90 Å². The summed E-state index contributed by atoms with van der Waals surface area (Å²) in [4.78, 5) is 14.8. The number of benzene rings is 2. The first-order valence-electron chi connectivity index (χ1n) is 7.00. The minimum atomic E-state index is -0.505. The van der Waals surface area contributed by atoms with Gasteiger partial charge in [0.15, 0.2) is 5.78 Å². The number of ketones is 1. The Labute approximate surface area is 128 Å². The number of hydrogen-bond donors (Lipinski definition) is 0. The molecule has 0 unspecified atom stereocenters. The fraction of sp³-hybridized carbons (Fsp3) is 0.235. The third kappa shape index (κ3) is 2.79. The molecule has 0 N–H and O–H groups in total. The Bertz CT molecular complexity index is 680. The molecule has 2 aromatic rings. The maximum atomic E-state index is 13.9. The van der Waals surface area contributed by atoms with Crippen LogP contribution in [0.3, 0.4) is 0 Å². The summed E-state index contributed by atoms with van der Waals surface area (Å²) in [6, 6.07) is 11.3. The molecule has 3 rings (SSSR count). The molecule has 108 valence electrons. The minimum Gasteiger partial charge on any atom is -0.371 e. The second-order valence-electron chi connectivity index (χ2n) is 5.16. The summed E-state index contributed by atoms with van der Waals surface area (Å²) in [5, 5.41) is 0.484. The van der Waals surface area contributed by atoms with Crippen LogP contribution in [0.1, 0.15) is 28.8 Å². The van der Waals surface area contributed by atoms with Gasteiger partial charge in [0.25, 0.3) is 0 Å². The number of halogens is 2. The van der Waals surface area contributed by atoms with Crippen LogP contribution in [-0.2, 0) is 0 Å². The predicted octanol–water partition coefficient (Wildman–Crippen LogP) is 4.31. The van der Waals surface area contributed by atoms with E-state index in [9.17, 15) is 9.18 Å². The Morgan fingerprint density at radius 1 is 1.05 bits per heavy atom. The molecule has 0 aromatic heterocycles. The summed E-state index contributed by atoms with van der Waals surface area (Å²) in [6.07, 6.45) is 2.21. The summed E-state index contributed by atoms with van der Waals surface area (Å²) in [5.74, 6) is -0.827. The van der Waals surface area contributed by atoms with Crippen molar-refractivity contribution in [2.45, 2.75) is 12.8 Å². The van der Waals surface area contributed by atoms with Crippen LogP contribution in [0.5, 0.6) is 0 Å². The molecule has 0 aliphatic carbocycles. The Morgan fingerprint density at radius 3 is 2.48 bits per heavy atom. The summed E-state index contributed by atoms with van der Waals surface area (Å²) in [5.41, 5.74) is 1.39. The molecule has 1 fully saturated rings. The van der Waals surface area contributed by atoms with E-state index in [1.54, 1.807) is 24.3 Å². The van der Waals surface area contributed by atoms with E-state index in [1.807, 2.05) is 6.07 Å². The standard InChI is InChI=1S/C17H15ClFNO/c18-12-7-8-16(20-9-3-4-10-20)14(11-12)17(21)13-5-1-2-6-15(13)19/h1-2,5-8,11H,3-4,9-10H2. The van der Waals surface area contributed by atoms with E-state index in [0.717, 1.165) is 31.6 Å². The highest BCUT2D eigenvalue weighted by Crippen LogP contribution is 2.29. The fourth-order valence-corrected chi connectivity index (χ4v) is 2.89. The van der Waals surface area contributed by atoms with Crippen molar-refractivity contribution < 1.29 is 9.18 Å². The highest BCUT2D eigenvalue weighted by molar-refractivity contribution is 6.31. The predicted molar refractivity (Wildman–Crippen MR) is 82.7 cm³/mol. The van der Waals surface area contributed by atoms with E-state index in [1.165, 1.54) is 12.1 Å². The SMILES string of the molecule is O=C(c1ccccc1F)c1cc(Cl)ccc1N1CCCC1. The number of rotatable bonds is 3. The van der Waals surface area contributed by atoms with Gasteiger partial charge in [0.1, 0.15) is 5.82 Å². The topological polar surface area (TPSA) is 20.3 Å². The zero-order chi connectivity index (χ0) is 14.8. The molecular formula is C17H15ClFNO. The van der Waals surface area contributed by atoms with Crippen LogP contribution >= 0.6 is 11.6 Å². The Balaban J connectivity index is 2.06. The van der Waals surface area contributed by atoms with Crippen molar-refractivity contribution in [3.05, 3.63) is 64.4 Å². The summed E-state index contributed by atoms with van der Waals surface area (Å²) in [7, 11) is 0. The molecule has 2 nitrogen and oxygen atoms in total.